The number of nitrogens with one attached hydrogen (secondary N) is 1. The third-order valence-corrected chi connectivity index (χ3v) is 2.86. The van der Waals surface area contributed by atoms with Crippen molar-refractivity contribution in [2.45, 2.75) is 32.2 Å². The van der Waals surface area contributed by atoms with E-state index in [-0.39, 0.29) is 11.6 Å². The zero-order valence-corrected chi connectivity index (χ0v) is 9.80. The highest BCUT2D eigenvalue weighted by atomic mass is 16.6. The molecule has 0 fully saturated rings. The largest absolute Gasteiger partial charge is 0.316 e. The molecule has 0 spiro atoms. The van der Waals surface area contributed by atoms with Gasteiger partial charge in [-0.1, -0.05) is 13.8 Å². The minimum Gasteiger partial charge on any atom is -0.316 e. The quantitative estimate of drug-likeness (QED) is 0.613. The van der Waals surface area contributed by atoms with Crippen molar-refractivity contribution in [3.8, 4) is 0 Å². The van der Waals surface area contributed by atoms with Crippen LogP contribution >= 0.6 is 0 Å². The van der Waals surface area contributed by atoms with E-state index in [1.807, 2.05) is 7.05 Å². The first-order valence-electron chi connectivity index (χ1n) is 5.37. The van der Waals surface area contributed by atoms with Gasteiger partial charge >= 0.3 is 0 Å². The number of aromatic nitrogens is 1. The fraction of sp³-hybridized carbons (Fsp3) is 0.545. The van der Waals surface area contributed by atoms with Crippen molar-refractivity contribution in [1.82, 2.24) is 10.3 Å². The number of nitrogens with zero attached hydrogens (tertiary/aromatic N) is 2. The molecule has 1 aromatic heterocycles. The second-order valence-corrected chi connectivity index (χ2v) is 3.79. The summed E-state index contributed by atoms with van der Waals surface area (Å²) in [4.78, 5) is 14.2. The van der Waals surface area contributed by atoms with E-state index in [1.165, 1.54) is 12.3 Å². The predicted octanol–water partition coefficient (Wildman–Crippen LogP) is 2.09. The van der Waals surface area contributed by atoms with Crippen molar-refractivity contribution in [2.24, 2.45) is 0 Å². The topological polar surface area (TPSA) is 68.1 Å². The van der Waals surface area contributed by atoms with Crippen LogP contribution in [0.25, 0.3) is 0 Å². The van der Waals surface area contributed by atoms with Gasteiger partial charge in [0.05, 0.1) is 4.92 Å². The van der Waals surface area contributed by atoms with E-state index in [0.717, 1.165) is 12.1 Å². The lowest BCUT2D eigenvalue weighted by molar-refractivity contribution is -0.385. The summed E-state index contributed by atoms with van der Waals surface area (Å²) in [6, 6.07) is 3.57. The molecule has 0 saturated carbocycles. The second-order valence-electron chi connectivity index (χ2n) is 3.79. The Morgan fingerprint density at radius 2 is 2.25 bits per heavy atom. The van der Waals surface area contributed by atoms with Crippen LogP contribution in [0, 0.1) is 10.1 Å². The van der Waals surface area contributed by atoms with Gasteiger partial charge in [-0.3, -0.25) is 15.1 Å². The van der Waals surface area contributed by atoms with Gasteiger partial charge in [0.15, 0.2) is 0 Å². The third kappa shape index (κ3) is 2.76. The Morgan fingerprint density at radius 1 is 1.56 bits per heavy atom. The summed E-state index contributed by atoms with van der Waals surface area (Å²) in [6.45, 7) is 4.17. The molecule has 0 aliphatic rings. The van der Waals surface area contributed by atoms with Gasteiger partial charge in [-0.05, 0) is 19.5 Å². The Bertz CT molecular complexity index is 347. The molecule has 1 rings (SSSR count). The number of nitro groups is 1. The molecule has 16 heavy (non-hydrogen) atoms. The van der Waals surface area contributed by atoms with Crippen LogP contribution in [0.1, 0.15) is 31.9 Å². The van der Waals surface area contributed by atoms with Crippen LogP contribution in [0.2, 0.25) is 0 Å². The van der Waals surface area contributed by atoms with Crippen LogP contribution in [-0.2, 0) is 0 Å². The van der Waals surface area contributed by atoms with Crippen LogP contribution in [-0.4, -0.2) is 23.0 Å². The Kier molecular flexibility index (Phi) is 4.37. The van der Waals surface area contributed by atoms with Gasteiger partial charge in [0.25, 0.3) is 5.69 Å². The summed E-state index contributed by atoms with van der Waals surface area (Å²) < 4.78 is 0. The molecule has 1 N–H and O–H groups in total. The van der Waals surface area contributed by atoms with Crippen molar-refractivity contribution in [3.05, 3.63) is 34.1 Å². The van der Waals surface area contributed by atoms with Crippen LogP contribution in [0.15, 0.2) is 18.3 Å². The molecule has 5 nitrogen and oxygen atoms in total. The van der Waals surface area contributed by atoms with Gasteiger partial charge in [0.1, 0.15) is 6.20 Å². The first kappa shape index (κ1) is 12.6. The fourth-order valence-corrected chi connectivity index (χ4v) is 1.79. The standard InChI is InChI=1S/C11H17N3O2/c1-4-10(12-3)8(2)11-6-5-9(7-13-11)14(15)16/h5-8,10,12H,4H2,1-3H3. The van der Waals surface area contributed by atoms with Crippen LogP contribution in [0.5, 0.6) is 0 Å². The Labute approximate surface area is 95.0 Å². The zero-order chi connectivity index (χ0) is 12.1. The second kappa shape index (κ2) is 5.55. The Morgan fingerprint density at radius 3 is 2.62 bits per heavy atom. The van der Waals surface area contributed by atoms with Crippen LogP contribution < -0.4 is 5.32 Å². The Hall–Kier alpha value is -1.49. The van der Waals surface area contributed by atoms with Gasteiger partial charge in [-0.15, -0.1) is 0 Å². The van der Waals surface area contributed by atoms with Crippen LogP contribution in [0.4, 0.5) is 5.69 Å². The van der Waals surface area contributed by atoms with Crippen molar-refractivity contribution < 1.29 is 4.92 Å². The molecule has 0 aliphatic carbocycles. The maximum Gasteiger partial charge on any atom is 0.287 e. The van der Waals surface area contributed by atoms with Gasteiger partial charge in [-0.25, -0.2) is 0 Å². The highest BCUT2D eigenvalue weighted by Crippen LogP contribution is 2.20. The lowest BCUT2D eigenvalue weighted by Gasteiger charge is -2.21. The highest BCUT2D eigenvalue weighted by Gasteiger charge is 2.17. The number of likely N-dealkylation sites (N-methyl/N-ethyl adjacent to an activating group) is 1. The summed E-state index contributed by atoms with van der Waals surface area (Å²) in [5, 5.41) is 13.7. The van der Waals surface area contributed by atoms with Crippen LogP contribution in [0.3, 0.4) is 0 Å². The molecule has 1 heterocycles. The molecule has 2 atom stereocenters. The molecule has 5 heteroatoms. The highest BCUT2D eigenvalue weighted by molar-refractivity contribution is 5.28. The predicted molar refractivity (Wildman–Crippen MR) is 62.4 cm³/mol. The average molecular weight is 223 g/mol. The smallest absolute Gasteiger partial charge is 0.287 e. The molecule has 1 aromatic rings. The minimum absolute atomic E-state index is 0.0356. The molecule has 0 amide bonds. The maximum atomic E-state index is 10.5. The van der Waals surface area contributed by atoms with E-state index in [9.17, 15) is 10.1 Å². The lowest BCUT2D eigenvalue weighted by Crippen LogP contribution is -2.30. The fourth-order valence-electron chi connectivity index (χ4n) is 1.79. The average Bonchev–Trinajstić information content (AvgIpc) is 2.30. The zero-order valence-electron chi connectivity index (χ0n) is 9.80. The minimum atomic E-state index is -0.434. The molecular formula is C11H17N3O2. The normalized spacial score (nSPS) is 14.4. The molecule has 0 radical (unpaired) electrons. The summed E-state index contributed by atoms with van der Waals surface area (Å²) in [7, 11) is 1.91. The van der Waals surface area contributed by atoms with E-state index < -0.39 is 4.92 Å². The molecule has 88 valence electrons. The lowest BCUT2D eigenvalue weighted by atomic mass is 9.96. The maximum absolute atomic E-state index is 10.5. The van der Waals surface area contributed by atoms with Crippen molar-refractivity contribution in [2.75, 3.05) is 7.05 Å². The molecule has 0 saturated heterocycles. The Balaban J connectivity index is 2.84. The van der Waals surface area contributed by atoms with Gasteiger partial charge in [0, 0.05) is 23.7 Å². The molecule has 0 bridgehead atoms. The van der Waals surface area contributed by atoms with Crippen molar-refractivity contribution in [3.63, 3.8) is 0 Å². The van der Waals surface area contributed by atoms with E-state index in [1.54, 1.807) is 6.07 Å². The molecule has 0 aliphatic heterocycles. The van der Waals surface area contributed by atoms with E-state index in [2.05, 4.69) is 24.1 Å². The molecule has 0 aromatic carbocycles. The number of hydrogen-bond donors (Lipinski definition) is 1. The number of pyridine rings is 1. The molecular weight excluding hydrogens is 206 g/mol. The van der Waals surface area contributed by atoms with Gasteiger partial charge in [-0.2, -0.15) is 0 Å². The van der Waals surface area contributed by atoms with Gasteiger partial charge in [0.2, 0.25) is 0 Å². The summed E-state index contributed by atoms with van der Waals surface area (Å²) in [5.74, 6) is 0.246. The number of hydrogen-bond acceptors (Lipinski definition) is 4. The number of rotatable bonds is 5. The molecule has 2 unspecified atom stereocenters. The van der Waals surface area contributed by atoms with E-state index in [4.69, 9.17) is 0 Å². The SMILES string of the molecule is CCC(NC)C(C)c1ccc([N+](=O)[O-])cn1. The van der Waals surface area contributed by atoms with E-state index in [0.29, 0.717) is 6.04 Å². The van der Waals surface area contributed by atoms with Crippen molar-refractivity contribution in [1.29, 1.82) is 0 Å². The third-order valence-electron chi connectivity index (χ3n) is 2.86. The summed E-state index contributed by atoms with van der Waals surface area (Å²) >= 11 is 0. The summed E-state index contributed by atoms with van der Waals surface area (Å²) in [6.07, 6.45) is 2.31. The van der Waals surface area contributed by atoms with Crippen molar-refractivity contribution >= 4 is 5.69 Å². The van der Waals surface area contributed by atoms with E-state index >= 15 is 0 Å². The summed E-state index contributed by atoms with van der Waals surface area (Å²) in [5.41, 5.74) is 0.917. The first-order valence-corrected chi connectivity index (χ1v) is 5.37. The first-order chi connectivity index (χ1) is 7.60. The monoisotopic (exact) mass is 223 g/mol. The van der Waals surface area contributed by atoms with Gasteiger partial charge < -0.3 is 5.32 Å².